The van der Waals surface area contributed by atoms with Crippen molar-refractivity contribution in [1.82, 2.24) is 4.31 Å². The number of hydrogen-bond acceptors (Lipinski definition) is 6. The molecule has 8 nitrogen and oxygen atoms in total. The molecule has 0 saturated carbocycles. The Morgan fingerprint density at radius 1 is 1.18 bits per heavy atom. The topological polar surface area (TPSA) is 117 Å². The van der Waals surface area contributed by atoms with E-state index in [0.717, 1.165) is 19.3 Å². The maximum absolute atomic E-state index is 12.6. The second-order valence-electron chi connectivity index (χ2n) is 6.69. The number of nitrogens with one attached hydrogen (secondary N) is 1. The van der Waals surface area contributed by atoms with Gasteiger partial charge >= 0.3 is 5.97 Å². The predicted octanol–water partition coefficient (Wildman–Crippen LogP) is 1.96. The lowest BCUT2D eigenvalue weighted by atomic mass is 10.2. The molecule has 1 amide bonds. The van der Waals surface area contributed by atoms with E-state index < -0.39 is 28.5 Å². The van der Waals surface area contributed by atoms with Gasteiger partial charge in [0.15, 0.2) is 6.61 Å². The average Bonchev–Trinajstić information content (AvgIpc) is 3.38. The molecule has 0 spiro atoms. The van der Waals surface area contributed by atoms with E-state index in [4.69, 9.17) is 10.00 Å². The van der Waals surface area contributed by atoms with Crippen LogP contribution in [0.3, 0.4) is 0 Å². The van der Waals surface area contributed by atoms with Crippen molar-refractivity contribution in [3.63, 3.8) is 0 Å². The Kier molecular flexibility index (Phi) is 6.11. The first-order valence-corrected chi connectivity index (χ1v) is 10.5. The van der Waals surface area contributed by atoms with Gasteiger partial charge in [0, 0.05) is 24.4 Å². The fourth-order valence-electron chi connectivity index (χ4n) is 3.32. The van der Waals surface area contributed by atoms with Crippen LogP contribution in [0.25, 0.3) is 0 Å². The standard InChI is InChI=1S/C19H21N3O5S/c20-12-14-5-3-8-17(14)19(24)27-13-18(23)21-15-6-4-7-16(11-15)28(25,26)22-9-1-2-10-22/h4,6-7,11H,1-3,5,8-10,13H2,(H,21,23). The van der Waals surface area contributed by atoms with Crippen molar-refractivity contribution in [2.45, 2.75) is 37.0 Å². The smallest absolute Gasteiger partial charge is 0.335 e. The van der Waals surface area contributed by atoms with Crippen LogP contribution in [-0.4, -0.2) is 44.3 Å². The Bertz CT molecular complexity index is 956. The summed E-state index contributed by atoms with van der Waals surface area (Å²) in [7, 11) is -3.58. The predicted molar refractivity (Wildman–Crippen MR) is 101 cm³/mol. The van der Waals surface area contributed by atoms with E-state index in [1.807, 2.05) is 6.07 Å². The van der Waals surface area contributed by atoms with Gasteiger partial charge in [-0.25, -0.2) is 13.2 Å². The number of nitriles is 1. The van der Waals surface area contributed by atoms with Gasteiger partial charge in [0.2, 0.25) is 10.0 Å². The highest BCUT2D eigenvalue weighted by molar-refractivity contribution is 7.89. The quantitative estimate of drug-likeness (QED) is 0.726. The summed E-state index contributed by atoms with van der Waals surface area (Å²) >= 11 is 0. The molecule has 0 atom stereocenters. The third-order valence-electron chi connectivity index (χ3n) is 4.75. The van der Waals surface area contributed by atoms with Crippen LogP contribution in [-0.2, 0) is 24.3 Å². The second kappa shape index (κ2) is 8.54. The maximum Gasteiger partial charge on any atom is 0.335 e. The van der Waals surface area contributed by atoms with Gasteiger partial charge in [-0.15, -0.1) is 0 Å². The molecule has 1 N–H and O–H groups in total. The fourth-order valence-corrected chi connectivity index (χ4v) is 4.88. The van der Waals surface area contributed by atoms with Crippen molar-refractivity contribution in [3.05, 3.63) is 35.4 Å². The van der Waals surface area contributed by atoms with Gasteiger partial charge in [0.1, 0.15) is 0 Å². The van der Waals surface area contributed by atoms with E-state index in [2.05, 4.69) is 5.32 Å². The molecule has 148 valence electrons. The summed E-state index contributed by atoms with van der Waals surface area (Å²) in [6.07, 6.45) is 3.42. The summed E-state index contributed by atoms with van der Waals surface area (Å²) in [5.41, 5.74) is 1.04. The largest absolute Gasteiger partial charge is 0.452 e. The van der Waals surface area contributed by atoms with Gasteiger partial charge in [0.05, 0.1) is 16.5 Å². The van der Waals surface area contributed by atoms with Crippen molar-refractivity contribution < 1.29 is 22.7 Å². The monoisotopic (exact) mass is 403 g/mol. The molecule has 9 heteroatoms. The zero-order valence-corrected chi connectivity index (χ0v) is 16.1. The first kappa shape index (κ1) is 20.0. The number of ether oxygens (including phenoxy) is 1. The SMILES string of the molecule is N#CC1=C(C(=O)OCC(=O)Nc2cccc(S(=O)(=O)N3CCCC3)c2)CCC1. The van der Waals surface area contributed by atoms with E-state index in [1.165, 1.54) is 16.4 Å². The molecular formula is C19H21N3O5S. The minimum absolute atomic E-state index is 0.110. The van der Waals surface area contributed by atoms with E-state index in [0.29, 0.717) is 42.8 Å². The summed E-state index contributed by atoms with van der Waals surface area (Å²) in [5, 5.41) is 11.5. The second-order valence-corrected chi connectivity index (χ2v) is 8.62. The summed E-state index contributed by atoms with van der Waals surface area (Å²) in [4.78, 5) is 24.2. The van der Waals surface area contributed by atoms with Gasteiger partial charge < -0.3 is 10.1 Å². The molecule has 0 aromatic heterocycles. The molecule has 0 bridgehead atoms. The van der Waals surface area contributed by atoms with E-state index >= 15 is 0 Å². The van der Waals surface area contributed by atoms with E-state index in [1.54, 1.807) is 12.1 Å². The Balaban J connectivity index is 1.60. The third kappa shape index (κ3) is 4.40. The normalized spacial score (nSPS) is 17.4. The Morgan fingerprint density at radius 3 is 2.64 bits per heavy atom. The number of allylic oxidation sites excluding steroid dienone is 1. The highest BCUT2D eigenvalue weighted by Crippen LogP contribution is 2.26. The van der Waals surface area contributed by atoms with Crippen LogP contribution >= 0.6 is 0 Å². The molecular weight excluding hydrogens is 382 g/mol. The molecule has 1 aliphatic heterocycles. The van der Waals surface area contributed by atoms with Crippen LogP contribution in [0.15, 0.2) is 40.3 Å². The van der Waals surface area contributed by atoms with Crippen LogP contribution in [0.4, 0.5) is 5.69 Å². The van der Waals surface area contributed by atoms with Gasteiger partial charge in [0.25, 0.3) is 5.91 Å². The maximum atomic E-state index is 12.6. The molecule has 0 radical (unpaired) electrons. The summed E-state index contributed by atoms with van der Waals surface area (Å²) < 4.78 is 31.6. The lowest BCUT2D eigenvalue weighted by Crippen LogP contribution is -2.28. The lowest BCUT2D eigenvalue weighted by Gasteiger charge is -2.16. The van der Waals surface area contributed by atoms with Gasteiger partial charge in [-0.05, 0) is 50.3 Å². The summed E-state index contributed by atoms with van der Waals surface area (Å²) in [5.74, 6) is -1.24. The number of nitrogens with zero attached hydrogens (tertiary/aromatic N) is 2. The van der Waals surface area contributed by atoms with Crippen LogP contribution in [0.1, 0.15) is 32.1 Å². The molecule has 1 saturated heterocycles. The number of carbonyl (C=O) groups excluding carboxylic acids is 2. The minimum Gasteiger partial charge on any atom is -0.452 e. The molecule has 1 fully saturated rings. The third-order valence-corrected chi connectivity index (χ3v) is 6.65. The molecule has 1 aromatic carbocycles. The lowest BCUT2D eigenvalue weighted by molar-refractivity contribution is -0.143. The van der Waals surface area contributed by atoms with Gasteiger partial charge in [-0.1, -0.05) is 6.07 Å². The minimum atomic E-state index is -3.58. The van der Waals surface area contributed by atoms with E-state index in [9.17, 15) is 18.0 Å². The molecule has 1 aliphatic carbocycles. The van der Waals surface area contributed by atoms with Crippen LogP contribution in [0.5, 0.6) is 0 Å². The van der Waals surface area contributed by atoms with Crippen LogP contribution in [0, 0.1) is 11.3 Å². The zero-order valence-electron chi connectivity index (χ0n) is 15.3. The number of benzene rings is 1. The number of rotatable bonds is 6. The number of amides is 1. The van der Waals surface area contributed by atoms with Gasteiger partial charge in [-0.3, -0.25) is 4.79 Å². The van der Waals surface area contributed by atoms with Crippen LogP contribution in [0.2, 0.25) is 0 Å². The fraction of sp³-hybridized carbons (Fsp3) is 0.421. The zero-order chi connectivity index (χ0) is 20.1. The van der Waals surface area contributed by atoms with Crippen molar-refractivity contribution in [2.75, 3.05) is 25.0 Å². The summed E-state index contributed by atoms with van der Waals surface area (Å²) in [6, 6.07) is 7.97. The molecule has 2 aliphatic rings. The van der Waals surface area contributed by atoms with Crippen molar-refractivity contribution >= 4 is 27.6 Å². The first-order valence-electron chi connectivity index (χ1n) is 9.11. The Hall–Kier alpha value is -2.70. The molecule has 1 aromatic rings. The molecule has 3 rings (SSSR count). The Morgan fingerprint density at radius 2 is 1.93 bits per heavy atom. The first-order chi connectivity index (χ1) is 13.4. The molecule has 1 heterocycles. The average molecular weight is 403 g/mol. The number of anilines is 1. The molecule has 28 heavy (non-hydrogen) atoms. The highest BCUT2D eigenvalue weighted by atomic mass is 32.2. The number of sulfonamides is 1. The number of hydrogen-bond donors (Lipinski definition) is 1. The molecule has 0 unspecified atom stereocenters. The number of carbonyl (C=O) groups is 2. The van der Waals surface area contributed by atoms with Crippen molar-refractivity contribution in [2.24, 2.45) is 0 Å². The van der Waals surface area contributed by atoms with Crippen LogP contribution < -0.4 is 5.32 Å². The van der Waals surface area contributed by atoms with Crippen molar-refractivity contribution in [1.29, 1.82) is 5.26 Å². The van der Waals surface area contributed by atoms with Crippen molar-refractivity contribution in [3.8, 4) is 6.07 Å². The van der Waals surface area contributed by atoms with E-state index in [-0.39, 0.29) is 4.90 Å². The summed E-state index contributed by atoms with van der Waals surface area (Å²) in [6.45, 7) is 0.481. The Labute approximate surface area is 163 Å². The highest BCUT2D eigenvalue weighted by Gasteiger charge is 2.27. The number of esters is 1. The van der Waals surface area contributed by atoms with Gasteiger partial charge in [-0.2, -0.15) is 9.57 Å².